The highest BCUT2D eigenvalue weighted by atomic mass is 19.3. The SMILES string of the molecule is C=C(C)C(=C)OCNC(=O)OCOC(F)(F)OC(F)(F)C(F)(F)OC(F)(F)COC(=O)NCCOC(=O)C(=C)C. The standard InChI is InChI=1S/C20H24F8N2O10/c1-11(2)13(5)36-9-30-16(33)37-10-38-20(27,28)40-19(25,26)18(23,24)39-17(21,22)8-35-15(32)29-6-7-34-14(31)12(3)4/h1,3,5-10H2,2,4H3,(H,29,32)(H,30,33). The second kappa shape index (κ2) is 15.2. The van der Waals surface area contributed by atoms with Crippen molar-refractivity contribution in [2.75, 3.05) is 33.3 Å². The van der Waals surface area contributed by atoms with Crippen molar-refractivity contribution in [3.05, 3.63) is 36.6 Å². The third-order valence-corrected chi connectivity index (χ3v) is 3.54. The lowest BCUT2D eigenvalue weighted by molar-refractivity contribution is -0.548. The van der Waals surface area contributed by atoms with E-state index in [2.05, 4.69) is 48.2 Å². The zero-order chi connectivity index (χ0) is 31.4. The first-order valence-corrected chi connectivity index (χ1v) is 10.3. The lowest BCUT2D eigenvalue weighted by Crippen LogP contribution is -2.53. The second-order valence-electron chi connectivity index (χ2n) is 7.12. The van der Waals surface area contributed by atoms with Gasteiger partial charge in [-0.2, -0.15) is 26.3 Å². The number of alkyl carbamates (subject to hydrolysis) is 2. The molecule has 0 bridgehead atoms. The molecule has 230 valence electrons. The third-order valence-electron chi connectivity index (χ3n) is 3.54. The van der Waals surface area contributed by atoms with Crippen LogP contribution in [-0.4, -0.2) is 76.1 Å². The fourth-order valence-electron chi connectivity index (χ4n) is 1.64. The number of carbonyl (C=O) groups excluding carboxylic acids is 3. The van der Waals surface area contributed by atoms with E-state index in [1.807, 2.05) is 5.32 Å². The number of alkyl halides is 8. The largest absolute Gasteiger partial charge is 0.493 e. The summed E-state index contributed by atoms with van der Waals surface area (Å²) in [5, 5.41) is 3.54. The van der Waals surface area contributed by atoms with Gasteiger partial charge < -0.3 is 24.3 Å². The molecule has 20 heteroatoms. The Bertz CT molecular complexity index is 946. The highest BCUT2D eigenvalue weighted by Gasteiger charge is 2.68. The molecule has 0 aliphatic heterocycles. The molecule has 0 rings (SSSR count). The minimum absolute atomic E-state index is 0.00520. The molecule has 40 heavy (non-hydrogen) atoms. The van der Waals surface area contributed by atoms with E-state index in [1.54, 1.807) is 5.32 Å². The summed E-state index contributed by atoms with van der Waals surface area (Å²) in [4.78, 5) is 33.6. The Morgan fingerprint density at radius 2 is 1.27 bits per heavy atom. The molecule has 12 nitrogen and oxygen atoms in total. The first kappa shape index (κ1) is 36.4. The van der Waals surface area contributed by atoms with Crippen LogP contribution >= 0.6 is 0 Å². The van der Waals surface area contributed by atoms with E-state index in [-0.39, 0.29) is 11.3 Å². The van der Waals surface area contributed by atoms with Crippen LogP contribution in [0.4, 0.5) is 44.7 Å². The normalized spacial score (nSPS) is 12.2. The van der Waals surface area contributed by atoms with Gasteiger partial charge in [-0.25, -0.2) is 23.9 Å². The summed E-state index contributed by atoms with van der Waals surface area (Å²) in [7, 11) is 0. The Kier molecular flexibility index (Phi) is 13.8. The van der Waals surface area contributed by atoms with Crippen molar-refractivity contribution in [1.82, 2.24) is 10.6 Å². The minimum atomic E-state index is -6.48. The van der Waals surface area contributed by atoms with Gasteiger partial charge in [0.1, 0.15) is 12.4 Å². The highest BCUT2D eigenvalue weighted by Crippen LogP contribution is 2.43. The van der Waals surface area contributed by atoms with Crippen LogP contribution in [-0.2, 0) is 38.0 Å². The van der Waals surface area contributed by atoms with Crippen molar-refractivity contribution < 1.29 is 82.7 Å². The number of halogens is 8. The predicted octanol–water partition coefficient (Wildman–Crippen LogP) is 3.96. The molecule has 0 aromatic carbocycles. The van der Waals surface area contributed by atoms with Crippen molar-refractivity contribution in [2.45, 2.75) is 38.5 Å². The number of esters is 1. The molecule has 2 amide bonds. The maximum atomic E-state index is 13.6. The number of nitrogens with one attached hydrogen (secondary N) is 2. The summed E-state index contributed by atoms with van der Waals surface area (Å²) in [5.74, 6) is -0.831. The Morgan fingerprint density at radius 3 is 1.82 bits per heavy atom. The molecule has 0 heterocycles. The number of amides is 2. The Balaban J connectivity index is 4.70. The number of allylic oxidation sites excluding steroid dienone is 1. The van der Waals surface area contributed by atoms with Gasteiger partial charge in [0, 0.05) is 5.57 Å². The molecule has 0 fully saturated rings. The summed E-state index contributed by atoms with van der Waals surface area (Å²) in [6.07, 6.45) is -27.2. The lowest BCUT2D eigenvalue weighted by Gasteiger charge is -2.30. The monoisotopic (exact) mass is 604 g/mol. The van der Waals surface area contributed by atoms with Gasteiger partial charge in [-0.1, -0.05) is 19.7 Å². The maximum absolute atomic E-state index is 13.6. The van der Waals surface area contributed by atoms with Gasteiger partial charge in [-0.3, -0.25) is 10.1 Å². The molecule has 0 spiro atoms. The van der Waals surface area contributed by atoms with Crippen molar-refractivity contribution in [2.24, 2.45) is 0 Å². The summed E-state index contributed by atoms with van der Waals surface area (Å²) in [6, 6.07) is 0. The average Bonchev–Trinajstić information content (AvgIpc) is 2.78. The lowest BCUT2D eigenvalue weighted by atomic mass is 10.3. The van der Waals surface area contributed by atoms with Crippen LogP contribution in [0.25, 0.3) is 0 Å². The zero-order valence-corrected chi connectivity index (χ0v) is 20.8. The quantitative estimate of drug-likeness (QED) is 0.0346. The maximum Gasteiger partial charge on any atom is 0.493 e. The number of carbonyl (C=O) groups is 3. The van der Waals surface area contributed by atoms with Gasteiger partial charge in [0.2, 0.25) is 6.79 Å². The Morgan fingerprint density at radius 1 is 0.725 bits per heavy atom. The van der Waals surface area contributed by atoms with Gasteiger partial charge in [-0.05, 0) is 19.4 Å². The molecule has 0 saturated heterocycles. The van der Waals surface area contributed by atoms with Crippen LogP contribution in [0.5, 0.6) is 0 Å². The smallest absolute Gasteiger partial charge is 0.474 e. The summed E-state index contributed by atoms with van der Waals surface area (Å²) < 4.78 is 133. The van der Waals surface area contributed by atoms with E-state index >= 15 is 0 Å². The van der Waals surface area contributed by atoms with E-state index in [4.69, 9.17) is 4.74 Å². The predicted molar refractivity (Wildman–Crippen MR) is 113 cm³/mol. The highest BCUT2D eigenvalue weighted by molar-refractivity contribution is 5.86. The van der Waals surface area contributed by atoms with Gasteiger partial charge in [0.05, 0.1) is 6.54 Å². The van der Waals surface area contributed by atoms with Crippen molar-refractivity contribution in [1.29, 1.82) is 0 Å². The van der Waals surface area contributed by atoms with Gasteiger partial charge in [0.25, 0.3) is 0 Å². The van der Waals surface area contributed by atoms with E-state index in [0.717, 1.165) is 0 Å². The Labute approximate surface area is 220 Å². The molecule has 0 aromatic heterocycles. The molecule has 0 aliphatic rings. The van der Waals surface area contributed by atoms with Crippen LogP contribution in [0.1, 0.15) is 13.8 Å². The van der Waals surface area contributed by atoms with E-state index in [0.29, 0.717) is 5.57 Å². The molecule has 0 unspecified atom stereocenters. The molecular weight excluding hydrogens is 580 g/mol. The zero-order valence-electron chi connectivity index (χ0n) is 20.8. The van der Waals surface area contributed by atoms with Gasteiger partial charge >= 0.3 is 42.8 Å². The number of rotatable bonds is 18. The van der Waals surface area contributed by atoms with E-state index in [1.165, 1.54) is 13.8 Å². The fourth-order valence-corrected chi connectivity index (χ4v) is 1.64. The molecule has 0 saturated carbocycles. The topological polar surface area (TPSA) is 140 Å². The number of hydrogen-bond acceptors (Lipinski definition) is 10. The van der Waals surface area contributed by atoms with Gasteiger partial charge in [0.15, 0.2) is 13.3 Å². The summed E-state index contributed by atoms with van der Waals surface area (Å²) >= 11 is 0. The Hall–Kier alpha value is -3.65. The van der Waals surface area contributed by atoms with E-state index < -0.39 is 76.1 Å². The summed E-state index contributed by atoms with van der Waals surface area (Å²) in [5.41, 5.74) is 0.359. The third kappa shape index (κ3) is 14.5. The van der Waals surface area contributed by atoms with Crippen molar-refractivity contribution in [3.63, 3.8) is 0 Å². The molecule has 0 aromatic rings. The molecule has 0 atom stereocenters. The van der Waals surface area contributed by atoms with Crippen molar-refractivity contribution >= 4 is 18.2 Å². The van der Waals surface area contributed by atoms with Gasteiger partial charge in [-0.15, -0.1) is 8.78 Å². The molecule has 0 radical (unpaired) electrons. The molecule has 0 aliphatic carbocycles. The minimum Gasteiger partial charge on any atom is -0.474 e. The summed E-state index contributed by atoms with van der Waals surface area (Å²) in [6.45, 7) is 7.01. The van der Waals surface area contributed by atoms with Crippen LogP contribution in [0.2, 0.25) is 0 Å². The van der Waals surface area contributed by atoms with Crippen LogP contribution < -0.4 is 10.6 Å². The van der Waals surface area contributed by atoms with Crippen LogP contribution in [0, 0.1) is 0 Å². The van der Waals surface area contributed by atoms with Crippen LogP contribution in [0.15, 0.2) is 36.6 Å². The molecular formula is C20H24F8N2O10. The number of ether oxygens (including phenoxy) is 7. The van der Waals surface area contributed by atoms with Crippen molar-refractivity contribution in [3.8, 4) is 0 Å². The molecule has 2 N–H and O–H groups in total. The first-order chi connectivity index (χ1) is 18.1. The second-order valence-corrected chi connectivity index (χ2v) is 7.12. The number of hydrogen-bond donors (Lipinski definition) is 2. The average molecular weight is 604 g/mol. The first-order valence-electron chi connectivity index (χ1n) is 10.3. The van der Waals surface area contributed by atoms with Crippen LogP contribution in [0.3, 0.4) is 0 Å². The fraction of sp³-hybridized carbons (Fsp3) is 0.550. The van der Waals surface area contributed by atoms with E-state index in [9.17, 15) is 49.5 Å².